The quantitative estimate of drug-likeness (QED) is 0.535. The van der Waals surface area contributed by atoms with E-state index in [-0.39, 0.29) is 30.1 Å². The van der Waals surface area contributed by atoms with E-state index < -0.39 is 11.2 Å². The van der Waals surface area contributed by atoms with Crippen molar-refractivity contribution in [3.05, 3.63) is 11.6 Å². The van der Waals surface area contributed by atoms with Crippen LogP contribution in [0.5, 0.6) is 0 Å². The molecular weight excluding hydrogens is 304 g/mol. The molecule has 0 amide bonds. The van der Waals surface area contributed by atoms with Gasteiger partial charge in [0.1, 0.15) is 0 Å². The van der Waals surface area contributed by atoms with Crippen LogP contribution in [-0.4, -0.2) is 44.8 Å². The molecule has 0 spiro atoms. The molecule has 24 heavy (non-hydrogen) atoms. The average molecular weight is 338 g/mol. The van der Waals surface area contributed by atoms with E-state index in [0.29, 0.717) is 18.8 Å². The molecule has 2 aliphatic carbocycles. The number of fused-ring (bicyclic) bond motifs is 2. The van der Waals surface area contributed by atoms with Gasteiger partial charge in [-0.2, -0.15) is 0 Å². The zero-order valence-electron chi connectivity index (χ0n) is 15.6. The highest BCUT2D eigenvalue weighted by atomic mass is 16.6. The third-order valence-corrected chi connectivity index (χ3v) is 7.00. The van der Waals surface area contributed by atoms with E-state index in [9.17, 15) is 15.3 Å². The predicted octanol–water partition coefficient (Wildman–Crippen LogP) is 2.80. The second kappa shape index (κ2) is 6.08. The second-order valence-corrected chi connectivity index (χ2v) is 9.14. The van der Waals surface area contributed by atoms with Crippen molar-refractivity contribution in [1.82, 2.24) is 0 Å². The van der Waals surface area contributed by atoms with Gasteiger partial charge in [-0.25, -0.2) is 0 Å². The maximum Gasteiger partial charge on any atom is 0.0923 e. The molecule has 0 aromatic rings. The van der Waals surface area contributed by atoms with E-state index in [1.165, 1.54) is 5.57 Å². The SMILES string of the molecule is CC(C)C1=CC2C(CCC2(C)O)C(O)(CO)CCC2OC2(C)CC1. The lowest BCUT2D eigenvalue weighted by atomic mass is 9.73. The van der Waals surface area contributed by atoms with Gasteiger partial charge in [-0.05, 0) is 64.2 Å². The van der Waals surface area contributed by atoms with Crippen LogP contribution in [-0.2, 0) is 4.74 Å². The summed E-state index contributed by atoms with van der Waals surface area (Å²) < 4.78 is 5.93. The first-order valence-electron chi connectivity index (χ1n) is 9.55. The van der Waals surface area contributed by atoms with Crippen molar-refractivity contribution in [1.29, 1.82) is 0 Å². The molecular formula is C20H34O4. The van der Waals surface area contributed by atoms with Crippen LogP contribution in [0.1, 0.15) is 66.2 Å². The van der Waals surface area contributed by atoms with E-state index in [1.807, 2.05) is 6.92 Å². The summed E-state index contributed by atoms with van der Waals surface area (Å²) in [4.78, 5) is 0. The first kappa shape index (κ1) is 18.4. The Morgan fingerprint density at radius 3 is 2.50 bits per heavy atom. The molecule has 1 saturated carbocycles. The minimum atomic E-state index is -1.14. The fourth-order valence-electron chi connectivity index (χ4n) is 4.95. The van der Waals surface area contributed by atoms with Crippen molar-refractivity contribution in [2.75, 3.05) is 6.61 Å². The summed E-state index contributed by atoms with van der Waals surface area (Å²) in [6.07, 6.45) is 7.09. The van der Waals surface area contributed by atoms with E-state index in [4.69, 9.17) is 4.74 Å². The first-order valence-corrected chi connectivity index (χ1v) is 9.55. The van der Waals surface area contributed by atoms with Crippen molar-refractivity contribution in [3.63, 3.8) is 0 Å². The number of hydrogen-bond acceptors (Lipinski definition) is 4. The van der Waals surface area contributed by atoms with Crippen LogP contribution in [0.2, 0.25) is 0 Å². The molecule has 0 aromatic heterocycles. The minimum absolute atomic E-state index is 0.0910. The van der Waals surface area contributed by atoms with Gasteiger partial charge >= 0.3 is 0 Å². The molecule has 138 valence electrons. The predicted molar refractivity (Wildman–Crippen MR) is 93.5 cm³/mol. The molecule has 6 unspecified atom stereocenters. The number of aliphatic hydroxyl groups is 3. The number of allylic oxidation sites excluding steroid dienone is 1. The van der Waals surface area contributed by atoms with Crippen molar-refractivity contribution < 1.29 is 20.1 Å². The third-order valence-electron chi connectivity index (χ3n) is 7.00. The van der Waals surface area contributed by atoms with Crippen molar-refractivity contribution in [2.24, 2.45) is 17.8 Å². The van der Waals surface area contributed by atoms with Crippen LogP contribution < -0.4 is 0 Å². The van der Waals surface area contributed by atoms with E-state index in [1.54, 1.807) is 0 Å². The topological polar surface area (TPSA) is 73.2 Å². The zero-order chi connectivity index (χ0) is 17.8. The summed E-state index contributed by atoms with van der Waals surface area (Å²) in [5, 5.41) is 32.1. The van der Waals surface area contributed by atoms with Gasteiger partial charge in [-0.15, -0.1) is 0 Å². The van der Waals surface area contributed by atoms with Crippen LogP contribution in [0.25, 0.3) is 0 Å². The lowest BCUT2D eigenvalue weighted by Crippen LogP contribution is -2.46. The Kier molecular flexibility index (Phi) is 4.66. The highest BCUT2D eigenvalue weighted by Gasteiger charge is 2.55. The lowest BCUT2D eigenvalue weighted by molar-refractivity contribution is -0.0907. The molecule has 1 saturated heterocycles. The molecule has 0 bridgehead atoms. The molecule has 2 fully saturated rings. The largest absolute Gasteiger partial charge is 0.393 e. The van der Waals surface area contributed by atoms with Gasteiger partial charge in [-0.3, -0.25) is 0 Å². The summed E-state index contributed by atoms with van der Waals surface area (Å²) >= 11 is 0. The summed E-state index contributed by atoms with van der Waals surface area (Å²) in [6, 6.07) is 0. The van der Waals surface area contributed by atoms with E-state index in [2.05, 4.69) is 26.8 Å². The standard InChI is InChI=1S/C20H34O4/c1-13(2)14-5-9-19(4)17(24-19)7-10-20(23,12-21)15-6-8-18(3,22)16(15)11-14/h11,13,15-17,21-23H,5-10,12H2,1-4H3. The summed E-state index contributed by atoms with van der Waals surface area (Å²) in [6.45, 7) is 8.17. The molecule has 3 rings (SSSR count). The second-order valence-electron chi connectivity index (χ2n) is 9.14. The van der Waals surface area contributed by atoms with Gasteiger partial charge in [0.25, 0.3) is 0 Å². The number of epoxide rings is 1. The summed E-state index contributed by atoms with van der Waals surface area (Å²) in [5.74, 6) is 0.204. The van der Waals surface area contributed by atoms with E-state index >= 15 is 0 Å². The van der Waals surface area contributed by atoms with Crippen LogP contribution in [0, 0.1) is 17.8 Å². The number of ether oxygens (including phenoxy) is 1. The van der Waals surface area contributed by atoms with Gasteiger partial charge in [0.2, 0.25) is 0 Å². The molecule has 1 heterocycles. The van der Waals surface area contributed by atoms with Crippen LogP contribution in [0.15, 0.2) is 11.6 Å². The maximum atomic E-state index is 11.2. The summed E-state index contributed by atoms with van der Waals surface area (Å²) in [5.41, 5.74) is -0.705. The lowest BCUT2D eigenvalue weighted by Gasteiger charge is -2.38. The molecule has 0 radical (unpaired) electrons. The Hall–Kier alpha value is -0.420. The third kappa shape index (κ3) is 3.18. The molecule has 3 N–H and O–H groups in total. The van der Waals surface area contributed by atoms with Gasteiger partial charge in [0.05, 0.1) is 29.5 Å². The van der Waals surface area contributed by atoms with Crippen LogP contribution >= 0.6 is 0 Å². The minimum Gasteiger partial charge on any atom is -0.393 e. The first-order chi connectivity index (χ1) is 11.1. The highest BCUT2D eigenvalue weighted by Crippen LogP contribution is 2.51. The zero-order valence-corrected chi connectivity index (χ0v) is 15.6. The van der Waals surface area contributed by atoms with Crippen LogP contribution in [0.3, 0.4) is 0 Å². The van der Waals surface area contributed by atoms with E-state index in [0.717, 1.165) is 25.7 Å². The normalized spacial score (nSPS) is 49.2. The van der Waals surface area contributed by atoms with Crippen LogP contribution in [0.4, 0.5) is 0 Å². The van der Waals surface area contributed by atoms with Gasteiger partial charge in [0.15, 0.2) is 0 Å². The average Bonchev–Trinajstić information content (AvgIpc) is 3.05. The Balaban J connectivity index is 1.99. The van der Waals surface area contributed by atoms with Crippen molar-refractivity contribution in [3.8, 4) is 0 Å². The van der Waals surface area contributed by atoms with Gasteiger partial charge in [0, 0.05) is 5.92 Å². The Bertz CT molecular complexity index is 512. The van der Waals surface area contributed by atoms with Gasteiger partial charge in [-0.1, -0.05) is 25.5 Å². The Labute approximate surface area is 145 Å². The fourth-order valence-corrected chi connectivity index (χ4v) is 4.95. The molecule has 4 heteroatoms. The van der Waals surface area contributed by atoms with Gasteiger partial charge < -0.3 is 20.1 Å². The highest BCUT2D eigenvalue weighted by molar-refractivity contribution is 5.18. The molecule has 6 atom stereocenters. The van der Waals surface area contributed by atoms with Crippen molar-refractivity contribution in [2.45, 2.75) is 89.1 Å². The van der Waals surface area contributed by atoms with Crippen molar-refractivity contribution >= 4 is 0 Å². The molecule has 0 aromatic carbocycles. The smallest absolute Gasteiger partial charge is 0.0923 e. The monoisotopic (exact) mass is 338 g/mol. The number of rotatable bonds is 2. The molecule has 3 aliphatic rings. The number of aliphatic hydroxyl groups excluding tert-OH is 1. The Morgan fingerprint density at radius 2 is 1.88 bits per heavy atom. The summed E-state index contributed by atoms with van der Waals surface area (Å²) in [7, 11) is 0. The maximum absolute atomic E-state index is 11.2. The number of hydrogen-bond donors (Lipinski definition) is 3. The molecule has 1 aliphatic heterocycles. The molecule has 4 nitrogen and oxygen atoms in total. The fraction of sp³-hybridized carbons (Fsp3) is 0.900. The Morgan fingerprint density at radius 1 is 1.17 bits per heavy atom.